The molecule has 1 amide bonds. The zero-order valence-corrected chi connectivity index (χ0v) is 9.07. The summed E-state index contributed by atoms with van der Waals surface area (Å²) in [6.45, 7) is 1.77. The Morgan fingerprint density at radius 3 is 2.73 bits per heavy atom. The monoisotopic (exact) mass is 209 g/mol. The second kappa shape index (κ2) is 5.19. The molecule has 0 aliphatic carbocycles. The van der Waals surface area contributed by atoms with Crippen LogP contribution in [0, 0.1) is 0 Å². The molecule has 0 spiro atoms. The van der Waals surface area contributed by atoms with Crippen molar-refractivity contribution in [3.05, 3.63) is 18.3 Å². The Morgan fingerprint density at radius 2 is 2.27 bits per heavy atom. The lowest BCUT2D eigenvalue weighted by atomic mass is 10.3. The van der Waals surface area contributed by atoms with E-state index < -0.39 is 0 Å². The van der Waals surface area contributed by atoms with E-state index in [1.165, 1.54) is 0 Å². The van der Waals surface area contributed by atoms with Crippen molar-refractivity contribution >= 4 is 11.7 Å². The highest BCUT2D eigenvalue weighted by Gasteiger charge is 2.10. The van der Waals surface area contributed by atoms with Gasteiger partial charge in [-0.3, -0.25) is 4.79 Å². The third-order valence-electron chi connectivity index (χ3n) is 1.98. The number of rotatable bonds is 4. The van der Waals surface area contributed by atoms with E-state index in [4.69, 9.17) is 4.74 Å². The summed E-state index contributed by atoms with van der Waals surface area (Å²) >= 11 is 0. The summed E-state index contributed by atoms with van der Waals surface area (Å²) in [5.41, 5.74) is 0. The van der Waals surface area contributed by atoms with E-state index >= 15 is 0 Å². The van der Waals surface area contributed by atoms with E-state index in [1.807, 2.05) is 0 Å². The first-order chi connectivity index (χ1) is 7.17. The SMILES string of the molecule is CNC(=O)C(C)Nc1ccc(OC)cn1. The van der Waals surface area contributed by atoms with Gasteiger partial charge in [0, 0.05) is 7.05 Å². The van der Waals surface area contributed by atoms with Crippen LogP contribution in [-0.4, -0.2) is 31.1 Å². The van der Waals surface area contributed by atoms with Gasteiger partial charge in [-0.2, -0.15) is 0 Å². The van der Waals surface area contributed by atoms with Crippen LogP contribution in [0.3, 0.4) is 0 Å². The number of hydrogen-bond acceptors (Lipinski definition) is 4. The van der Waals surface area contributed by atoms with Gasteiger partial charge in [0.25, 0.3) is 0 Å². The molecule has 1 aromatic heterocycles. The van der Waals surface area contributed by atoms with Gasteiger partial charge in [0.2, 0.25) is 5.91 Å². The number of hydrogen-bond donors (Lipinski definition) is 2. The number of carbonyl (C=O) groups is 1. The Hall–Kier alpha value is -1.78. The number of nitrogens with one attached hydrogen (secondary N) is 2. The zero-order valence-electron chi connectivity index (χ0n) is 9.07. The van der Waals surface area contributed by atoms with Crippen molar-refractivity contribution < 1.29 is 9.53 Å². The molecule has 1 heterocycles. The first-order valence-corrected chi connectivity index (χ1v) is 4.65. The van der Waals surface area contributed by atoms with Crippen LogP contribution in [-0.2, 0) is 4.79 Å². The molecule has 5 heteroatoms. The lowest BCUT2D eigenvalue weighted by Crippen LogP contribution is -2.35. The maximum absolute atomic E-state index is 11.2. The first-order valence-electron chi connectivity index (χ1n) is 4.65. The van der Waals surface area contributed by atoms with E-state index in [0.717, 1.165) is 0 Å². The maximum Gasteiger partial charge on any atom is 0.241 e. The second-order valence-electron chi connectivity index (χ2n) is 3.06. The number of methoxy groups -OCH3 is 1. The molecule has 82 valence electrons. The normalized spacial score (nSPS) is 11.7. The van der Waals surface area contributed by atoms with Gasteiger partial charge in [0.05, 0.1) is 13.3 Å². The van der Waals surface area contributed by atoms with Crippen LogP contribution < -0.4 is 15.4 Å². The maximum atomic E-state index is 11.2. The van der Waals surface area contributed by atoms with Gasteiger partial charge < -0.3 is 15.4 Å². The number of nitrogens with zero attached hydrogens (tertiary/aromatic N) is 1. The molecule has 0 saturated carbocycles. The molecule has 1 unspecified atom stereocenters. The molecule has 1 rings (SSSR count). The van der Waals surface area contributed by atoms with Crippen molar-refractivity contribution in [3.63, 3.8) is 0 Å². The average Bonchev–Trinajstić information content (AvgIpc) is 2.29. The van der Waals surface area contributed by atoms with Crippen LogP contribution in [0.5, 0.6) is 5.75 Å². The summed E-state index contributed by atoms with van der Waals surface area (Å²) in [6.07, 6.45) is 1.60. The summed E-state index contributed by atoms with van der Waals surface area (Å²) in [5.74, 6) is 1.26. The highest BCUT2D eigenvalue weighted by atomic mass is 16.5. The molecule has 5 nitrogen and oxygen atoms in total. The molecule has 1 aromatic rings. The highest BCUT2D eigenvalue weighted by molar-refractivity contribution is 5.83. The van der Waals surface area contributed by atoms with Crippen molar-refractivity contribution in [3.8, 4) is 5.75 Å². The van der Waals surface area contributed by atoms with Crippen molar-refractivity contribution in [1.29, 1.82) is 0 Å². The summed E-state index contributed by atoms with van der Waals surface area (Å²) < 4.78 is 4.97. The number of ether oxygens (including phenoxy) is 1. The molecule has 0 saturated heterocycles. The number of carbonyl (C=O) groups excluding carboxylic acids is 1. The largest absolute Gasteiger partial charge is 0.495 e. The predicted octanol–water partition coefficient (Wildman–Crippen LogP) is 0.637. The molecule has 0 fully saturated rings. The summed E-state index contributed by atoms with van der Waals surface area (Å²) in [4.78, 5) is 15.3. The number of aromatic nitrogens is 1. The first kappa shape index (κ1) is 11.3. The average molecular weight is 209 g/mol. The molecular weight excluding hydrogens is 194 g/mol. The molecule has 15 heavy (non-hydrogen) atoms. The Morgan fingerprint density at radius 1 is 1.53 bits per heavy atom. The van der Waals surface area contributed by atoms with Gasteiger partial charge in [-0.25, -0.2) is 4.98 Å². The van der Waals surface area contributed by atoms with Crippen molar-refractivity contribution in [2.45, 2.75) is 13.0 Å². The van der Waals surface area contributed by atoms with E-state index in [2.05, 4.69) is 15.6 Å². The minimum absolute atomic E-state index is 0.0763. The van der Waals surface area contributed by atoms with Crippen LogP contribution in [0.25, 0.3) is 0 Å². The second-order valence-corrected chi connectivity index (χ2v) is 3.06. The molecule has 2 N–H and O–H groups in total. The highest BCUT2D eigenvalue weighted by Crippen LogP contribution is 2.11. The molecule has 0 aliphatic rings. The van der Waals surface area contributed by atoms with Crippen LogP contribution in [0.1, 0.15) is 6.92 Å². The summed E-state index contributed by atoms with van der Waals surface area (Å²) in [6, 6.07) is 3.24. The van der Waals surface area contributed by atoms with Crippen LogP contribution in [0.15, 0.2) is 18.3 Å². The van der Waals surface area contributed by atoms with Crippen LogP contribution in [0.2, 0.25) is 0 Å². The zero-order chi connectivity index (χ0) is 11.3. The fourth-order valence-corrected chi connectivity index (χ4v) is 1.09. The van der Waals surface area contributed by atoms with Gasteiger partial charge in [-0.1, -0.05) is 0 Å². The molecule has 0 aromatic carbocycles. The number of pyridine rings is 1. The Kier molecular flexibility index (Phi) is 3.91. The van der Waals surface area contributed by atoms with Gasteiger partial charge >= 0.3 is 0 Å². The van der Waals surface area contributed by atoms with Gasteiger partial charge in [0.15, 0.2) is 0 Å². The lowest BCUT2D eigenvalue weighted by molar-refractivity contribution is -0.121. The molecule has 1 atom stereocenters. The van der Waals surface area contributed by atoms with Crippen LogP contribution in [0.4, 0.5) is 5.82 Å². The molecular formula is C10H15N3O2. The van der Waals surface area contributed by atoms with E-state index in [-0.39, 0.29) is 11.9 Å². The van der Waals surface area contributed by atoms with Crippen molar-refractivity contribution in [1.82, 2.24) is 10.3 Å². The third kappa shape index (κ3) is 3.12. The quantitative estimate of drug-likeness (QED) is 0.763. The minimum atomic E-state index is -0.309. The Labute approximate surface area is 88.9 Å². The molecule has 0 radical (unpaired) electrons. The summed E-state index contributed by atoms with van der Waals surface area (Å²) in [7, 11) is 3.18. The number of likely N-dealkylation sites (N-methyl/N-ethyl adjacent to an activating group) is 1. The lowest BCUT2D eigenvalue weighted by Gasteiger charge is -2.12. The van der Waals surface area contributed by atoms with E-state index in [0.29, 0.717) is 11.6 Å². The van der Waals surface area contributed by atoms with Gasteiger partial charge in [-0.05, 0) is 19.1 Å². The molecule has 0 bridgehead atoms. The fourth-order valence-electron chi connectivity index (χ4n) is 1.09. The van der Waals surface area contributed by atoms with Gasteiger partial charge in [-0.15, -0.1) is 0 Å². The van der Waals surface area contributed by atoms with Gasteiger partial charge in [0.1, 0.15) is 17.6 Å². The standard InChI is InChI=1S/C10H15N3O2/c1-7(10(14)11-2)13-9-5-4-8(15-3)6-12-9/h4-7H,1-3H3,(H,11,14)(H,12,13). The van der Waals surface area contributed by atoms with Crippen molar-refractivity contribution in [2.24, 2.45) is 0 Å². The predicted molar refractivity (Wildman–Crippen MR) is 57.9 cm³/mol. The smallest absolute Gasteiger partial charge is 0.241 e. The van der Waals surface area contributed by atoms with Crippen molar-refractivity contribution in [2.75, 3.05) is 19.5 Å². The van der Waals surface area contributed by atoms with E-state index in [1.54, 1.807) is 39.4 Å². The number of amides is 1. The Balaban J connectivity index is 2.60. The minimum Gasteiger partial charge on any atom is -0.495 e. The topological polar surface area (TPSA) is 63.2 Å². The number of anilines is 1. The van der Waals surface area contributed by atoms with E-state index in [9.17, 15) is 4.79 Å². The third-order valence-corrected chi connectivity index (χ3v) is 1.98. The molecule has 0 aliphatic heterocycles. The van der Waals surface area contributed by atoms with Crippen LogP contribution >= 0.6 is 0 Å². The summed E-state index contributed by atoms with van der Waals surface area (Å²) in [5, 5.41) is 5.52. The fraction of sp³-hybridized carbons (Fsp3) is 0.400. The Bertz CT molecular complexity index is 324.